The predicted octanol–water partition coefficient (Wildman–Crippen LogP) is 2.39. The van der Waals surface area contributed by atoms with E-state index in [9.17, 15) is 4.79 Å². The second kappa shape index (κ2) is 3.86. The molecule has 0 aromatic carbocycles. The second-order valence-corrected chi connectivity index (χ2v) is 4.10. The number of carboxylic acids is 1. The van der Waals surface area contributed by atoms with E-state index in [2.05, 4.69) is 0 Å². The number of aryl methyl sites for hydroxylation is 2. The Morgan fingerprint density at radius 2 is 1.71 bits per heavy atom. The van der Waals surface area contributed by atoms with Gasteiger partial charge in [-0.2, -0.15) is 0 Å². The maximum Gasteiger partial charge on any atom is 0.326 e. The minimum atomic E-state index is -0.769. The summed E-state index contributed by atoms with van der Waals surface area (Å²) >= 11 is 0. The molecule has 1 rings (SSSR count). The van der Waals surface area contributed by atoms with Crippen LogP contribution in [-0.4, -0.2) is 15.6 Å². The molecule has 1 atom stereocenters. The Balaban J connectivity index is 3.05. The number of carbonyl (C=O) groups is 1. The maximum atomic E-state index is 11.0. The molecule has 3 heteroatoms. The van der Waals surface area contributed by atoms with Crippen molar-refractivity contribution in [1.82, 2.24) is 4.57 Å². The lowest BCUT2D eigenvalue weighted by Crippen LogP contribution is -2.22. The molecular weight excluding hydrogens is 178 g/mol. The molecule has 0 aliphatic rings. The van der Waals surface area contributed by atoms with Gasteiger partial charge in [-0.1, -0.05) is 13.8 Å². The van der Waals surface area contributed by atoms with Crippen LogP contribution in [0.3, 0.4) is 0 Å². The molecule has 0 aliphatic carbocycles. The molecule has 1 N–H and O–H groups in total. The summed E-state index contributed by atoms with van der Waals surface area (Å²) in [5, 5.41) is 9.08. The van der Waals surface area contributed by atoms with E-state index in [-0.39, 0.29) is 5.92 Å². The zero-order valence-corrected chi connectivity index (χ0v) is 9.11. The first-order chi connectivity index (χ1) is 6.43. The van der Waals surface area contributed by atoms with Crippen LogP contribution in [0.5, 0.6) is 0 Å². The van der Waals surface area contributed by atoms with Gasteiger partial charge >= 0.3 is 5.97 Å². The summed E-state index contributed by atoms with van der Waals surface area (Å²) < 4.78 is 1.79. The van der Waals surface area contributed by atoms with E-state index in [1.54, 1.807) is 4.57 Å². The van der Waals surface area contributed by atoms with Crippen LogP contribution in [0.15, 0.2) is 12.4 Å². The number of aliphatic carboxylic acids is 1. The van der Waals surface area contributed by atoms with E-state index in [1.165, 1.54) is 0 Å². The van der Waals surface area contributed by atoms with Crippen LogP contribution in [0.25, 0.3) is 0 Å². The Kier molecular flexibility index (Phi) is 2.99. The van der Waals surface area contributed by atoms with Crippen molar-refractivity contribution in [2.75, 3.05) is 0 Å². The number of nitrogens with zero attached hydrogens (tertiary/aromatic N) is 1. The van der Waals surface area contributed by atoms with E-state index in [1.807, 2.05) is 40.1 Å². The average molecular weight is 195 g/mol. The Morgan fingerprint density at radius 3 is 2.00 bits per heavy atom. The lowest BCUT2D eigenvalue weighted by atomic mass is 10.1. The number of carboxylic acid groups (broad SMARTS) is 1. The number of aromatic nitrogens is 1. The Bertz CT molecular complexity index is 320. The molecule has 0 fully saturated rings. The Hall–Kier alpha value is -1.25. The van der Waals surface area contributed by atoms with Crippen LogP contribution in [0.4, 0.5) is 0 Å². The molecule has 0 saturated carbocycles. The van der Waals surface area contributed by atoms with Gasteiger partial charge in [0.15, 0.2) is 0 Å². The summed E-state index contributed by atoms with van der Waals surface area (Å²) in [6, 6.07) is -0.456. The molecule has 0 bridgehead atoms. The summed E-state index contributed by atoms with van der Waals surface area (Å²) in [5.74, 6) is -0.673. The highest BCUT2D eigenvalue weighted by molar-refractivity contribution is 5.72. The first-order valence-corrected chi connectivity index (χ1v) is 4.81. The summed E-state index contributed by atoms with van der Waals surface area (Å²) in [5.41, 5.74) is 2.27. The molecular formula is C11H17NO2. The van der Waals surface area contributed by atoms with Gasteiger partial charge in [-0.15, -0.1) is 0 Å². The van der Waals surface area contributed by atoms with E-state index in [4.69, 9.17) is 5.11 Å². The lowest BCUT2D eigenvalue weighted by Gasteiger charge is -2.17. The molecule has 1 aromatic heterocycles. The van der Waals surface area contributed by atoms with Crippen LogP contribution in [0, 0.1) is 19.8 Å². The van der Waals surface area contributed by atoms with Crippen LogP contribution in [-0.2, 0) is 4.79 Å². The van der Waals surface area contributed by atoms with Gasteiger partial charge in [-0.25, -0.2) is 4.79 Å². The Morgan fingerprint density at radius 1 is 1.29 bits per heavy atom. The number of hydrogen-bond acceptors (Lipinski definition) is 1. The fourth-order valence-corrected chi connectivity index (χ4v) is 1.61. The fourth-order valence-electron chi connectivity index (χ4n) is 1.61. The minimum Gasteiger partial charge on any atom is -0.480 e. The second-order valence-electron chi connectivity index (χ2n) is 4.10. The third-order valence-corrected chi connectivity index (χ3v) is 2.51. The van der Waals surface area contributed by atoms with E-state index < -0.39 is 12.0 Å². The lowest BCUT2D eigenvalue weighted by molar-refractivity contribution is -0.142. The van der Waals surface area contributed by atoms with Gasteiger partial charge < -0.3 is 9.67 Å². The standard InChI is InChI=1S/C11H17NO2/c1-7(2)10(11(13)14)12-5-8(3)9(4)6-12/h5-7,10H,1-4H3,(H,13,14). The zero-order valence-electron chi connectivity index (χ0n) is 9.11. The fraction of sp³-hybridized carbons (Fsp3) is 0.545. The smallest absolute Gasteiger partial charge is 0.326 e. The van der Waals surface area contributed by atoms with Crippen molar-refractivity contribution in [3.8, 4) is 0 Å². The van der Waals surface area contributed by atoms with Gasteiger partial charge in [-0.05, 0) is 30.9 Å². The van der Waals surface area contributed by atoms with Crippen molar-refractivity contribution in [3.63, 3.8) is 0 Å². The molecule has 0 amide bonds. The van der Waals surface area contributed by atoms with E-state index in [0.29, 0.717) is 0 Å². The van der Waals surface area contributed by atoms with Gasteiger partial charge in [0, 0.05) is 12.4 Å². The summed E-state index contributed by atoms with van der Waals surface area (Å²) in [6.07, 6.45) is 3.79. The predicted molar refractivity (Wildman–Crippen MR) is 55.4 cm³/mol. The zero-order chi connectivity index (χ0) is 10.9. The first kappa shape index (κ1) is 10.8. The summed E-state index contributed by atoms with van der Waals surface area (Å²) in [7, 11) is 0. The molecule has 78 valence electrons. The largest absolute Gasteiger partial charge is 0.480 e. The van der Waals surface area contributed by atoms with Crippen LogP contribution in [0.1, 0.15) is 31.0 Å². The van der Waals surface area contributed by atoms with Crippen molar-refractivity contribution in [1.29, 1.82) is 0 Å². The SMILES string of the molecule is Cc1cn(C(C(=O)O)C(C)C)cc1C. The highest BCUT2D eigenvalue weighted by atomic mass is 16.4. The van der Waals surface area contributed by atoms with E-state index in [0.717, 1.165) is 11.1 Å². The van der Waals surface area contributed by atoms with E-state index >= 15 is 0 Å². The van der Waals surface area contributed by atoms with Crippen LogP contribution >= 0.6 is 0 Å². The summed E-state index contributed by atoms with van der Waals surface area (Å²) in [4.78, 5) is 11.0. The highest BCUT2D eigenvalue weighted by Crippen LogP contribution is 2.20. The molecule has 0 radical (unpaired) electrons. The minimum absolute atomic E-state index is 0.0960. The van der Waals surface area contributed by atoms with Crippen molar-refractivity contribution in [2.24, 2.45) is 5.92 Å². The average Bonchev–Trinajstić information content (AvgIpc) is 2.29. The van der Waals surface area contributed by atoms with Gasteiger partial charge in [0.2, 0.25) is 0 Å². The molecule has 14 heavy (non-hydrogen) atoms. The van der Waals surface area contributed by atoms with Crippen molar-refractivity contribution >= 4 is 5.97 Å². The van der Waals surface area contributed by atoms with Crippen LogP contribution in [0.2, 0.25) is 0 Å². The molecule has 0 spiro atoms. The topological polar surface area (TPSA) is 42.2 Å². The highest BCUT2D eigenvalue weighted by Gasteiger charge is 2.23. The third kappa shape index (κ3) is 1.97. The van der Waals surface area contributed by atoms with Crippen molar-refractivity contribution in [3.05, 3.63) is 23.5 Å². The normalized spacial score (nSPS) is 13.2. The van der Waals surface area contributed by atoms with Crippen molar-refractivity contribution in [2.45, 2.75) is 33.7 Å². The third-order valence-electron chi connectivity index (χ3n) is 2.51. The molecule has 1 heterocycles. The molecule has 1 unspecified atom stereocenters. The molecule has 1 aromatic rings. The number of rotatable bonds is 3. The quantitative estimate of drug-likeness (QED) is 0.804. The van der Waals surface area contributed by atoms with Crippen LogP contribution < -0.4 is 0 Å². The van der Waals surface area contributed by atoms with Gasteiger partial charge in [-0.3, -0.25) is 0 Å². The summed E-state index contributed by atoms with van der Waals surface area (Å²) in [6.45, 7) is 7.82. The van der Waals surface area contributed by atoms with Crippen molar-refractivity contribution < 1.29 is 9.90 Å². The maximum absolute atomic E-state index is 11.0. The monoisotopic (exact) mass is 195 g/mol. The number of hydrogen-bond donors (Lipinski definition) is 1. The molecule has 0 saturated heterocycles. The van der Waals surface area contributed by atoms with Gasteiger partial charge in [0.05, 0.1) is 0 Å². The molecule has 3 nitrogen and oxygen atoms in total. The molecule has 0 aliphatic heterocycles. The Labute approximate surface area is 84.4 Å². The van der Waals surface area contributed by atoms with Gasteiger partial charge in [0.25, 0.3) is 0 Å². The van der Waals surface area contributed by atoms with Gasteiger partial charge in [0.1, 0.15) is 6.04 Å². The first-order valence-electron chi connectivity index (χ1n) is 4.81.